The SMILES string of the molecule is CCOc1cncc(C#Cc2ccccc2C(=O)N2CCN(c3ccc(C(=O)NS(C)(=O)=O)nn3)CC2)c1. The normalized spacial score (nSPS) is 13.3. The van der Waals surface area contributed by atoms with Gasteiger partial charge in [-0.05, 0) is 37.3 Å². The van der Waals surface area contributed by atoms with E-state index in [1.54, 1.807) is 35.5 Å². The number of nitrogens with one attached hydrogen (secondary N) is 1. The number of rotatable bonds is 6. The Morgan fingerprint density at radius 1 is 1.03 bits per heavy atom. The molecule has 2 amide bonds. The van der Waals surface area contributed by atoms with Crippen molar-refractivity contribution in [1.82, 2.24) is 24.8 Å². The molecule has 1 aromatic carbocycles. The molecule has 12 heteroatoms. The Balaban J connectivity index is 1.41. The quantitative estimate of drug-likeness (QED) is 0.465. The molecule has 1 N–H and O–H groups in total. The zero-order chi connectivity index (χ0) is 27.1. The van der Waals surface area contributed by atoms with Crippen LogP contribution >= 0.6 is 0 Å². The van der Waals surface area contributed by atoms with Gasteiger partial charge in [0.15, 0.2) is 11.5 Å². The molecule has 3 aromatic rings. The van der Waals surface area contributed by atoms with Crippen molar-refractivity contribution in [1.29, 1.82) is 0 Å². The molecule has 4 rings (SSSR count). The Hall–Kier alpha value is -4.50. The van der Waals surface area contributed by atoms with Crippen LogP contribution in [0.5, 0.6) is 5.75 Å². The lowest BCUT2D eigenvalue weighted by molar-refractivity contribution is 0.0745. The highest BCUT2D eigenvalue weighted by Crippen LogP contribution is 2.17. The summed E-state index contributed by atoms with van der Waals surface area (Å²) < 4.78 is 29.8. The van der Waals surface area contributed by atoms with E-state index in [1.165, 1.54) is 6.07 Å². The van der Waals surface area contributed by atoms with Gasteiger partial charge in [-0.15, -0.1) is 10.2 Å². The van der Waals surface area contributed by atoms with Gasteiger partial charge in [-0.2, -0.15) is 0 Å². The van der Waals surface area contributed by atoms with Gasteiger partial charge in [-0.1, -0.05) is 24.0 Å². The summed E-state index contributed by atoms with van der Waals surface area (Å²) in [6, 6.07) is 12.0. The number of carbonyl (C=O) groups excluding carboxylic acids is 2. The number of sulfonamides is 1. The molecule has 1 aliphatic rings. The van der Waals surface area contributed by atoms with Crippen LogP contribution in [0, 0.1) is 11.8 Å². The van der Waals surface area contributed by atoms with Gasteiger partial charge in [0.1, 0.15) is 5.75 Å². The molecule has 1 aliphatic heterocycles. The number of amides is 2. The van der Waals surface area contributed by atoms with Crippen LogP contribution in [0.4, 0.5) is 5.82 Å². The largest absolute Gasteiger partial charge is 0.492 e. The fourth-order valence-electron chi connectivity index (χ4n) is 3.80. The summed E-state index contributed by atoms with van der Waals surface area (Å²) in [5.41, 5.74) is 1.72. The van der Waals surface area contributed by atoms with Crippen LogP contribution in [0.25, 0.3) is 0 Å². The topological polar surface area (TPSA) is 135 Å². The predicted molar refractivity (Wildman–Crippen MR) is 140 cm³/mol. The highest BCUT2D eigenvalue weighted by molar-refractivity contribution is 7.89. The van der Waals surface area contributed by atoms with Crippen molar-refractivity contribution < 1.29 is 22.7 Å². The van der Waals surface area contributed by atoms with Gasteiger partial charge in [0, 0.05) is 43.5 Å². The van der Waals surface area contributed by atoms with E-state index in [2.05, 4.69) is 27.0 Å². The Bertz CT molecular complexity index is 1490. The van der Waals surface area contributed by atoms with Crippen molar-refractivity contribution in [2.24, 2.45) is 0 Å². The van der Waals surface area contributed by atoms with Crippen LogP contribution in [0.15, 0.2) is 54.9 Å². The third-order valence-corrected chi connectivity index (χ3v) is 6.13. The molecule has 196 valence electrons. The van der Waals surface area contributed by atoms with E-state index < -0.39 is 15.9 Å². The molecule has 0 spiro atoms. The highest BCUT2D eigenvalue weighted by Gasteiger charge is 2.24. The van der Waals surface area contributed by atoms with Crippen LogP contribution in [-0.4, -0.2) is 79.4 Å². The van der Waals surface area contributed by atoms with Crippen LogP contribution in [0.1, 0.15) is 38.9 Å². The number of hydrogen-bond acceptors (Lipinski definition) is 9. The minimum atomic E-state index is -3.70. The molecule has 0 unspecified atom stereocenters. The van der Waals surface area contributed by atoms with Crippen molar-refractivity contribution in [2.45, 2.75) is 6.92 Å². The van der Waals surface area contributed by atoms with E-state index in [9.17, 15) is 18.0 Å². The number of hydrogen-bond donors (Lipinski definition) is 1. The molecular formula is C26H26N6O5S. The molecule has 0 atom stereocenters. The average Bonchev–Trinajstić information content (AvgIpc) is 2.91. The first-order valence-corrected chi connectivity index (χ1v) is 13.7. The van der Waals surface area contributed by atoms with E-state index in [0.717, 1.165) is 6.26 Å². The van der Waals surface area contributed by atoms with Crippen LogP contribution in [0.2, 0.25) is 0 Å². The Morgan fingerprint density at radius 2 is 1.79 bits per heavy atom. The Kier molecular flexibility index (Phi) is 8.18. The van der Waals surface area contributed by atoms with Crippen LogP contribution in [0.3, 0.4) is 0 Å². The molecule has 0 saturated carbocycles. The van der Waals surface area contributed by atoms with Gasteiger partial charge in [0.05, 0.1) is 24.6 Å². The number of aromatic nitrogens is 3. The average molecular weight is 535 g/mol. The second-order valence-electron chi connectivity index (χ2n) is 8.40. The maximum absolute atomic E-state index is 13.3. The summed E-state index contributed by atoms with van der Waals surface area (Å²) in [5, 5.41) is 7.89. The van der Waals surface area contributed by atoms with Gasteiger partial charge in [0.25, 0.3) is 11.8 Å². The zero-order valence-electron chi connectivity index (χ0n) is 20.9. The monoisotopic (exact) mass is 534 g/mol. The lowest BCUT2D eigenvalue weighted by Crippen LogP contribution is -2.49. The van der Waals surface area contributed by atoms with Crippen molar-refractivity contribution in [2.75, 3.05) is 43.9 Å². The standard InChI is InChI=1S/C26H26N6O5S/c1-3-37-21-16-19(17-27-18-21)8-9-20-6-4-5-7-22(20)26(34)32-14-12-31(13-15-32)24-11-10-23(28-29-24)25(33)30-38(2,35)36/h4-7,10-11,16-18H,3,12-15H2,1-2H3,(H,30,33). The number of benzene rings is 1. The molecule has 2 aromatic heterocycles. The molecule has 38 heavy (non-hydrogen) atoms. The number of ether oxygens (including phenoxy) is 1. The number of pyridine rings is 1. The lowest BCUT2D eigenvalue weighted by atomic mass is 10.1. The summed E-state index contributed by atoms with van der Waals surface area (Å²) in [5.74, 6) is 6.36. The van der Waals surface area contributed by atoms with E-state index in [1.807, 2.05) is 34.7 Å². The summed E-state index contributed by atoms with van der Waals surface area (Å²) in [6.45, 7) is 4.37. The smallest absolute Gasteiger partial charge is 0.285 e. The molecule has 0 radical (unpaired) electrons. The fraction of sp³-hybridized carbons (Fsp3) is 0.269. The first kappa shape index (κ1) is 26.6. The van der Waals surface area contributed by atoms with E-state index >= 15 is 0 Å². The molecule has 11 nitrogen and oxygen atoms in total. The highest BCUT2D eigenvalue weighted by atomic mass is 32.2. The van der Waals surface area contributed by atoms with Gasteiger partial charge in [-0.3, -0.25) is 14.6 Å². The van der Waals surface area contributed by atoms with Crippen LogP contribution < -0.4 is 14.4 Å². The van der Waals surface area contributed by atoms with Crippen molar-refractivity contribution >= 4 is 27.7 Å². The van der Waals surface area contributed by atoms with Crippen molar-refractivity contribution in [3.63, 3.8) is 0 Å². The zero-order valence-corrected chi connectivity index (χ0v) is 21.7. The van der Waals surface area contributed by atoms with E-state index in [0.29, 0.717) is 61.0 Å². The van der Waals surface area contributed by atoms with Gasteiger partial charge < -0.3 is 14.5 Å². The van der Waals surface area contributed by atoms with E-state index in [4.69, 9.17) is 4.74 Å². The number of carbonyl (C=O) groups is 2. The molecular weight excluding hydrogens is 508 g/mol. The second-order valence-corrected chi connectivity index (χ2v) is 10.1. The number of piperazine rings is 1. The Morgan fingerprint density at radius 3 is 2.47 bits per heavy atom. The first-order valence-electron chi connectivity index (χ1n) is 11.8. The number of nitrogens with zero attached hydrogens (tertiary/aromatic N) is 5. The third-order valence-electron chi connectivity index (χ3n) is 5.58. The first-order chi connectivity index (χ1) is 18.2. The molecule has 0 bridgehead atoms. The molecule has 0 aliphatic carbocycles. The summed E-state index contributed by atoms with van der Waals surface area (Å²) in [4.78, 5) is 33.1. The predicted octanol–water partition coefficient (Wildman–Crippen LogP) is 1.32. The van der Waals surface area contributed by atoms with Crippen molar-refractivity contribution in [3.8, 4) is 17.6 Å². The van der Waals surface area contributed by atoms with Gasteiger partial charge >= 0.3 is 0 Å². The van der Waals surface area contributed by atoms with Gasteiger partial charge in [-0.25, -0.2) is 13.1 Å². The van der Waals surface area contributed by atoms with E-state index in [-0.39, 0.29) is 11.6 Å². The maximum atomic E-state index is 13.3. The summed E-state index contributed by atoms with van der Waals surface area (Å²) in [6.07, 6.45) is 4.16. The summed E-state index contributed by atoms with van der Waals surface area (Å²) in [7, 11) is -3.70. The lowest BCUT2D eigenvalue weighted by Gasteiger charge is -2.35. The second kappa shape index (κ2) is 11.7. The minimum Gasteiger partial charge on any atom is -0.492 e. The molecule has 1 fully saturated rings. The number of anilines is 1. The Labute approximate surface area is 220 Å². The molecule has 1 saturated heterocycles. The molecule has 3 heterocycles. The van der Waals surface area contributed by atoms with Crippen LogP contribution in [-0.2, 0) is 10.0 Å². The third kappa shape index (κ3) is 6.83. The van der Waals surface area contributed by atoms with Crippen molar-refractivity contribution in [3.05, 3.63) is 77.2 Å². The van der Waals surface area contributed by atoms with Gasteiger partial charge in [0.2, 0.25) is 10.0 Å². The summed E-state index contributed by atoms with van der Waals surface area (Å²) >= 11 is 0. The minimum absolute atomic E-state index is 0.105. The fourth-order valence-corrected chi connectivity index (χ4v) is 4.24. The maximum Gasteiger partial charge on any atom is 0.285 e.